The molecule has 1 aliphatic rings. The van der Waals surface area contributed by atoms with Crippen LogP contribution in [0.4, 0.5) is 0 Å². The Morgan fingerprint density at radius 1 is 1.43 bits per heavy atom. The average molecular weight is 451 g/mol. The molecule has 0 aliphatic carbocycles. The van der Waals surface area contributed by atoms with E-state index in [9.17, 15) is 0 Å². The van der Waals surface area contributed by atoms with Crippen molar-refractivity contribution in [2.45, 2.75) is 38.9 Å². The van der Waals surface area contributed by atoms with Crippen LogP contribution in [0.15, 0.2) is 4.99 Å². The van der Waals surface area contributed by atoms with Crippen molar-refractivity contribution in [3.05, 3.63) is 17.0 Å². The topological polar surface area (TPSA) is 45.4 Å². The number of nitrogens with zero attached hydrogens (tertiary/aromatic N) is 4. The molecular formula is C16H30IN5S. The van der Waals surface area contributed by atoms with E-state index in [-0.39, 0.29) is 24.0 Å². The zero-order valence-electron chi connectivity index (χ0n) is 14.9. The Hall–Kier alpha value is -0.440. The van der Waals surface area contributed by atoms with E-state index in [1.54, 1.807) is 0 Å². The van der Waals surface area contributed by atoms with E-state index >= 15 is 0 Å². The molecule has 2 heterocycles. The van der Waals surface area contributed by atoms with Crippen LogP contribution in [-0.2, 0) is 13.5 Å². The zero-order valence-corrected chi connectivity index (χ0v) is 18.1. The van der Waals surface area contributed by atoms with E-state index in [2.05, 4.69) is 52.8 Å². The summed E-state index contributed by atoms with van der Waals surface area (Å²) >= 11 is 2.09. The molecule has 1 aromatic heterocycles. The largest absolute Gasteiger partial charge is 0.356 e. The lowest BCUT2D eigenvalue weighted by Gasteiger charge is -2.34. The van der Waals surface area contributed by atoms with E-state index in [4.69, 9.17) is 0 Å². The molecule has 132 valence electrons. The van der Waals surface area contributed by atoms with Crippen LogP contribution in [0.5, 0.6) is 0 Å². The predicted octanol–water partition coefficient (Wildman–Crippen LogP) is 2.60. The van der Waals surface area contributed by atoms with Gasteiger partial charge in [-0.1, -0.05) is 6.92 Å². The molecule has 2 rings (SSSR count). The number of aromatic nitrogens is 2. The minimum atomic E-state index is 0. The summed E-state index contributed by atoms with van der Waals surface area (Å²) in [5, 5.41) is 8.74. The highest BCUT2D eigenvalue weighted by Gasteiger charge is 2.21. The summed E-state index contributed by atoms with van der Waals surface area (Å²) < 4.78 is 1.97. The highest BCUT2D eigenvalue weighted by atomic mass is 127. The molecule has 23 heavy (non-hydrogen) atoms. The second-order valence-electron chi connectivity index (χ2n) is 5.84. The van der Waals surface area contributed by atoms with Crippen LogP contribution in [-0.4, -0.2) is 58.3 Å². The lowest BCUT2D eigenvalue weighted by molar-refractivity contribution is 0.408. The summed E-state index contributed by atoms with van der Waals surface area (Å²) in [6.07, 6.45) is 2.22. The van der Waals surface area contributed by atoms with E-state index in [0.29, 0.717) is 0 Å². The maximum absolute atomic E-state index is 4.48. The molecule has 0 radical (unpaired) electrons. The highest BCUT2D eigenvalue weighted by Crippen LogP contribution is 2.21. The third-order valence-electron chi connectivity index (χ3n) is 4.42. The third kappa shape index (κ3) is 5.27. The Kier molecular flexibility index (Phi) is 8.74. The van der Waals surface area contributed by atoms with Crippen molar-refractivity contribution in [1.29, 1.82) is 0 Å². The Bertz CT molecular complexity index is 529. The van der Waals surface area contributed by atoms with Gasteiger partial charge in [0, 0.05) is 50.4 Å². The van der Waals surface area contributed by atoms with Crippen LogP contribution >= 0.6 is 35.7 Å². The predicted molar refractivity (Wildman–Crippen MR) is 111 cm³/mol. The van der Waals surface area contributed by atoms with E-state index in [1.165, 1.54) is 23.4 Å². The number of hydrogen-bond acceptors (Lipinski definition) is 3. The van der Waals surface area contributed by atoms with Gasteiger partial charge < -0.3 is 10.2 Å². The van der Waals surface area contributed by atoms with Gasteiger partial charge in [0.2, 0.25) is 0 Å². The number of nitrogens with one attached hydrogen (secondary N) is 1. The van der Waals surface area contributed by atoms with Crippen molar-refractivity contribution in [3.8, 4) is 0 Å². The SMILES string of the molecule is CCC1CN(C(=NC)NCCc2c(C)nn(C)c2C)CCS1.I. The van der Waals surface area contributed by atoms with Gasteiger partial charge in [-0.15, -0.1) is 24.0 Å². The first-order valence-electron chi connectivity index (χ1n) is 8.13. The molecule has 0 aromatic carbocycles. The van der Waals surface area contributed by atoms with Crippen LogP contribution < -0.4 is 5.32 Å². The first-order valence-corrected chi connectivity index (χ1v) is 9.18. The number of hydrogen-bond donors (Lipinski definition) is 1. The van der Waals surface area contributed by atoms with Crippen molar-refractivity contribution in [1.82, 2.24) is 20.0 Å². The van der Waals surface area contributed by atoms with Gasteiger partial charge in [-0.25, -0.2) is 0 Å². The van der Waals surface area contributed by atoms with Gasteiger partial charge in [0.1, 0.15) is 0 Å². The summed E-state index contributed by atoms with van der Waals surface area (Å²) in [5.74, 6) is 2.23. The Morgan fingerprint density at radius 3 is 2.74 bits per heavy atom. The molecule has 1 saturated heterocycles. The minimum absolute atomic E-state index is 0. The molecule has 1 fully saturated rings. The molecule has 5 nitrogen and oxygen atoms in total. The molecule has 1 unspecified atom stereocenters. The van der Waals surface area contributed by atoms with Crippen LogP contribution in [0.1, 0.15) is 30.3 Å². The fourth-order valence-electron chi connectivity index (χ4n) is 2.97. The monoisotopic (exact) mass is 451 g/mol. The number of thioether (sulfide) groups is 1. The van der Waals surface area contributed by atoms with E-state index in [0.717, 1.165) is 43.0 Å². The second kappa shape index (κ2) is 9.76. The van der Waals surface area contributed by atoms with Gasteiger partial charge in [-0.3, -0.25) is 9.67 Å². The lowest BCUT2D eigenvalue weighted by Crippen LogP contribution is -2.48. The smallest absolute Gasteiger partial charge is 0.193 e. The summed E-state index contributed by atoms with van der Waals surface area (Å²) in [7, 11) is 3.89. The van der Waals surface area contributed by atoms with Crippen LogP contribution in [0, 0.1) is 13.8 Å². The van der Waals surface area contributed by atoms with Gasteiger partial charge in [0.25, 0.3) is 0 Å². The molecular weight excluding hydrogens is 421 g/mol. The number of aliphatic imine (C=N–C) groups is 1. The van der Waals surface area contributed by atoms with Crippen LogP contribution in [0.3, 0.4) is 0 Å². The molecule has 0 amide bonds. The zero-order chi connectivity index (χ0) is 16.1. The molecule has 1 aromatic rings. The Morgan fingerprint density at radius 2 is 2.17 bits per heavy atom. The number of rotatable bonds is 4. The molecule has 1 aliphatic heterocycles. The molecule has 0 saturated carbocycles. The third-order valence-corrected chi connectivity index (χ3v) is 5.79. The van der Waals surface area contributed by atoms with Crippen molar-refractivity contribution in [2.24, 2.45) is 12.0 Å². The summed E-state index contributed by atoms with van der Waals surface area (Å²) in [5.41, 5.74) is 3.75. The first-order chi connectivity index (χ1) is 10.6. The quantitative estimate of drug-likeness (QED) is 0.435. The second-order valence-corrected chi connectivity index (χ2v) is 7.25. The lowest BCUT2D eigenvalue weighted by atomic mass is 10.1. The minimum Gasteiger partial charge on any atom is -0.356 e. The van der Waals surface area contributed by atoms with Gasteiger partial charge in [-0.05, 0) is 32.3 Å². The van der Waals surface area contributed by atoms with Gasteiger partial charge in [-0.2, -0.15) is 16.9 Å². The number of guanidine groups is 1. The molecule has 1 atom stereocenters. The molecule has 7 heteroatoms. The highest BCUT2D eigenvalue weighted by molar-refractivity contribution is 14.0. The van der Waals surface area contributed by atoms with Crippen LogP contribution in [0.25, 0.3) is 0 Å². The van der Waals surface area contributed by atoms with Gasteiger partial charge >= 0.3 is 0 Å². The van der Waals surface area contributed by atoms with Crippen molar-refractivity contribution >= 4 is 41.7 Å². The normalized spacial score (nSPS) is 18.7. The van der Waals surface area contributed by atoms with Crippen molar-refractivity contribution in [3.63, 3.8) is 0 Å². The fourth-order valence-corrected chi connectivity index (χ4v) is 4.15. The number of halogens is 1. The fraction of sp³-hybridized carbons (Fsp3) is 0.750. The molecule has 0 spiro atoms. The van der Waals surface area contributed by atoms with E-state index in [1.807, 2.05) is 18.8 Å². The summed E-state index contributed by atoms with van der Waals surface area (Å²) in [6, 6.07) is 0. The van der Waals surface area contributed by atoms with E-state index < -0.39 is 0 Å². The Balaban J connectivity index is 0.00000264. The van der Waals surface area contributed by atoms with Gasteiger partial charge in [0.15, 0.2) is 5.96 Å². The van der Waals surface area contributed by atoms with Crippen LogP contribution in [0.2, 0.25) is 0 Å². The summed E-state index contributed by atoms with van der Waals surface area (Å²) in [6.45, 7) is 9.59. The maximum Gasteiger partial charge on any atom is 0.193 e. The standard InChI is InChI=1S/C16H29N5S.HI/c1-6-14-11-21(9-10-22-14)16(17-4)18-8-7-15-12(2)19-20(5)13(15)3;/h14H,6-11H2,1-5H3,(H,17,18);1H. The van der Waals surface area contributed by atoms with Crippen molar-refractivity contribution in [2.75, 3.05) is 32.4 Å². The average Bonchev–Trinajstić information content (AvgIpc) is 2.77. The van der Waals surface area contributed by atoms with Gasteiger partial charge in [0.05, 0.1) is 5.69 Å². The van der Waals surface area contributed by atoms with Crippen molar-refractivity contribution < 1.29 is 0 Å². The first kappa shape index (κ1) is 20.6. The number of aryl methyl sites for hydroxylation is 2. The molecule has 1 N–H and O–H groups in total. The maximum atomic E-state index is 4.48. The molecule has 0 bridgehead atoms. The Labute approximate surface area is 161 Å². The summed E-state index contributed by atoms with van der Waals surface area (Å²) in [4.78, 5) is 6.86.